The zero-order valence-electron chi connectivity index (χ0n) is 12.9. The molecule has 0 bridgehead atoms. The zero-order valence-corrected chi connectivity index (χ0v) is 15.0. The summed E-state index contributed by atoms with van der Waals surface area (Å²) in [4.78, 5) is 9.36. The summed E-state index contributed by atoms with van der Waals surface area (Å²) in [6, 6.07) is 0. The number of nitrogens with zero attached hydrogens (tertiary/aromatic N) is 2. The smallest absolute Gasteiger partial charge is 0.162 e. The Balaban J connectivity index is 3.44. The number of ether oxygens (including phenoxy) is 1. The lowest BCUT2D eigenvalue weighted by Crippen LogP contribution is -2.28. The molecule has 1 rings (SSSR count). The molecule has 5 heteroatoms. The van der Waals surface area contributed by atoms with Crippen LogP contribution in [0.4, 0.5) is 5.82 Å². The van der Waals surface area contributed by atoms with Crippen LogP contribution in [-0.4, -0.2) is 23.6 Å². The summed E-state index contributed by atoms with van der Waals surface area (Å²) in [6.45, 7) is 13.1. The summed E-state index contributed by atoms with van der Waals surface area (Å²) < 4.78 is 6.84. The highest BCUT2D eigenvalue weighted by atomic mass is 127. The molecule has 0 saturated carbocycles. The van der Waals surface area contributed by atoms with Crippen LogP contribution in [0.15, 0.2) is 0 Å². The van der Waals surface area contributed by atoms with Gasteiger partial charge in [-0.2, -0.15) is 0 Å². The van der Waals surface area contributed by atoms with Crippen LogP contribution < -0.4 is 5.32 Å². The Bertz CT molecular complexity index is 453. The lowest BCUT2D eigenvalue weighted by molar-refractivity contribution is -0.0210. The molecule has 0 aliphatic carbocycles. The number of hydrogen-bond acceptors (Lipinski definition) is 4. The molecule has 0 aromatic carbocycles. The van der Waals surface area contributed by atoms with Crippen LogP contribution in [0.3, 0.4) is 0 Å². The standard InChI is InChI=1S/C14H24IN3O/c1-8-19-14(5,6)12-17-10(13(2,3)4)9(15)11(16-7)18-12/h8H2,1-7H3,(H,16,17,18). The lowest BCUT2D eigenvalue weighted by Gasteiger charge is -2.27. The lowest BCUT2D eigenvalue weighted by atomic mass is 9.91. The van der Waals surface area contributed by atoms with E-state index in [1.165, 1.54) is 0 Å². The first-order valence-corrected chi connectivity index (χ1v) is 7.61. The summed E-state index contributed by atoms with van der Waals surface area (Å²) >= 11 is 2.30. The Morgan fingerprint density at radius 3 is 2.16 bits per heavy atom. The van der Waals surface area contributed by atoms with E-state index in [2.05, 4.69) is 53.7 Å². The van der Waals surface area contributed by atoms with Gasteiger partial charge in [0.25, 0.3) is 0 Å². The maximum Gasteiger partial charge on any atom is 0.162 e. The quantitative estimate of drug-likeness (QED) is 0.813. The van der Waals surface area contributed by atoms with Crippen molar-refractivity contribution in [3.05, 3.63) is 15.1 Å². The Morgan fingerprint density at radius 1 is 1.16 bits per heavy atom. The fourth-order valence-corrected chi connectivity index (χ4v) is 3.12. The Morgan fingerprint density at radius 2 is 1.74 bits per heavy atom. The first-order chi connectivity index (χ1) is 8.63. The van der Waals surface area contributed by atoms with Crippen molar-refractivity contribution >= 4 is 28.4 Å². The molecule has 0 unspecified atom stereocenters. The third-order valence-electron chi connectivity index (χ3n) is 2.84. The third-order valence-corrected chi connectivity index (χ3v) is 3.86. The number of nitrogens with one attached hydrogen (secondary N) is 1. The van der Waals surface area contributed by atoms with E-state index in [1.807, 2.05) is 27.8 Å². The van der Waals surface area contributed by atoms with Crippen LogP contribution in [0.1, 0.15) is 53.1 Å². The van der Waals surface area contributed by atoms with Gasteiger partial charge in [0.15, 0.2) is 5.82 Å². The van der Waals surface area contributed by atoms with Crippen molar-refractivity contribution in [3.63, 3.8) is 0 Å². The average Bonchev–Trinajstić information content (AvgIpc) is 2.27. The van der Waals surface area contributed by atoms with Gasteiger partial charge in [-0.15, -0.1) is 0 Å². The average molecular weight is 377 g/mol. The number of hydrogen-bond donors (Lipinski definition) is 1. The molecule has 0 radical (unpaired) electrons. The van der Waals surface area contributed by atoms with Gasteiger partial charge in [-0.1, -0.05) is 20.8 Å². The molecule has 19 heavy (non-hydrogen) atoms. The van der Waals surface area contributed by atoms with Crippen molar-refractivity contribution in [1.82, 2.24) is 9.97 Å². The molecule has 0 fully saturated rings. The van der Waals surface area contributed by atoms with E-state index >= 15 is 0 Å². The largest absolute Gasteiger partial charge is 0.372 e. The summed E-state index contributed by atoms with van der Waals surface area (Å²) in [5.41, 5.74) is 0.544. The number of aromatic nitrogens is 2. The summed E-state index contributed by atoms with van der Waals surface area (Å²) in [7, 11) is 1.88. The van der Waals surface area contributed by atoms with Crippen LogP contribution in [0.2, 0.25) is 0 Å². The Kier molecular flexibility index (Phi) is 5.17. The third kappa shape index (κ3) is 3.78. The maximum absolute atomic E-state index is 5.77. The summed E-state index contributed by atoms with van der Waals surface area (Å²) in [6.07, 6.45) is 0. The van der Waals surface area contributed by atoms with Gasteiger partial charge in [-0.05, 0) is 43.4 Å². The molecule has 108 valence electrons. The monoisotopic (exact) mass is 377 g/mol. The first kappa shape index (κ1) is 16.6. The van der Waals surface area contributed by atoms with E-state index in [0.717, 1.165) is 20.9 Å². The van der Waals surface area contributed by atoms with E-state index in [4.69, 9.17) is 9.72 Å². The first-order valence-electron chi connectivity index (χ1n) is 6.53. The van der Waals surface area contributed by atoms with Crippen LogP contribution in [0, 0.1) is 3.57 Å². The van der Waals surface area contributed by atoms with Crippen molar-refractivity contribution in [1.29, 1.82) is 0 Å². The molecule has 0 aliphatic heterocycles. The summed E-state index contributed by atoms with van der Waals surface area (Å²) in [5.74, 6) is 1.59. The number of anilines is 1. The van der Waals surface area contributed by atoms with Gasteiger partial charge >= 0.3 is 0 Å². The van der Waals surface area contributed by atoms with Gasteiger partial charge < -0.3 is 10.1 Å². The predicted octanol–water partition coefficient (Wildman–Crippen LogP) is 3.69. The number of rotatable bonds is 4. The fourth-order valence-electron chi connectivity index (χ4n) is 1.80. The second-order valence-electron chi connectivity index (χ2n) is 6.00. The molecular formula is C14H24IN3O. The minimum absolute atomic E-state index is 0.0257. The van der Waals surface area contributed by atoms with Gasteiger partial charge in [0.1, 0.15) is 11.4 Å². The topological polar surface area (TPSA) is 47.0 Å². The number of halogens is 1. The Labute approximate surface area is 129 Å². The SMILES string of the molecule is CCOC(C)(C)c1nc(NC)c(I)c(C(C)(C)C)n1. The predicted molar refractivity (Wildman–Crippen MR) is 87.6 cm³/mol. The highest BCUT2D eigenvalue weighted by Gasteiger charge is 2.29. The van der Waals surface area contributed by atoms with Crippen molar-refractivity contribution in [3.8, 4) is 0 Å². The van der Waals surface area contributed by atoms with Gasteiger partial charge in [0.2, 0.25) is 0 Å². The van der Waals surface area contributed by atoms with Crippen LogP contribution >= 0.6 is 22.6 Å². The molecule has 0 atom stereocenters. The van der Waals surface area contributed by atoms with Crippen LogP contribution in [0.5, 0.6) is 0 Å². The second-order valence-corrected chi connectivity index (χ2v) is 7.08. The molecule has 4 nitrogen and oxygen atoms in total. The molecule has 0 amide bonds. The van der Waals surface area contributed by atoms with Crippen molar-refractivity contribution in [2.75, 3.05) is 19.0 Å². The minimum Gasteiger partial charge on any atom is -0.372 e. The summed E-state index contributed by atoms with van der Waals surface area (Å²) in [5, 5.41) is 3.15. The van der Waals surface area contributed by atoms with Gasteiger partial charge in [-0.25, -0.2) is 9.97 Å². The van der Waals surface area contributed by atoms with Gasteiger partial charge in [0.05, 0.1) is 9.26 Å². The minimum atomic E-state index is -0.481. The zero-order chi connectivity index (χ0) is 14.8. The van der Waals surface area contributed by atoms with E-state index in [0.29, 0.717) is 6.61 Å². The van der Waals surface area contributed by atoms with Crippen molar-refractivity contribution in [2.24, 2.45) is 0 Å². The highest BCUT2D eigenvalue weighted by molar-refractivity contribution is 14.1. The molecular weight excluding hydrogens is 353 g/mol. The highest BCUT2D eigenvalue weighted by Crippen LogP contribution is 2.32. The van der Waals surface area contributed by atoms with E-state index in [9.17, 15) is 0 Å². The Hall–Kier alpha value is -0.430. The van der Waals surface area contributed by atoms with Gasteiger partial charge in [0, 0.05) is 19.1 Å². The molecule has 1 heterocycles. The molecule has 1 N–H and O–H groups in total. The van der Waals surface area contributed by atoms with Crippen LogP contribution in [-0.2, 0) is 15.8 Å². The maximum atomic E-state index is 5.77. The van der Waals surface area contributed by atoms with Gasteiger partial charge in [-0.3, -0.25) is 0 Å². The fraction of sp³-hybridized carbons (Fsp3) is 0.714. The molecule has 0 spiro atoms. The van der Waals surface area contributed by atoms with E-state index in [-0.39, 0.29) is 5.41 Å². The molecule has 1 aromatic rings. The molecule has 0 aliphatic rings. The van der Waals surface area contributed by atoms with Crippen molar-refractivity contribution < 1.29 is 4.74 Å². The normalized spacial score (nSPS) is 12.6. The van der Waals surface area contributed by atoms with E-state index < -0.39 is 5.60 Å². The molecule has 1 aromatic heterocycles. The van der Waals surface area contributed by atoms with Crippen molar-refractivity contribution in [2.45, 2.75) is 52.6 Å². The van der Waals surface area contributed by atoms with E-state index in [1.54, 1.807) is 0 Å². The second kappa shape index (κ2) is 5.91. The van der Waals surface area contributed by atoms with Crippen LogP contribution in [0.25, 0.3) is 0 Å². The molecule has 0 saturated heterocycles.